The highest BCUT2D eigenvalue weighted by Gasteiger charge is 2.13. The number of para-hydroxylation sites is 1. The molecule has 0 unspecified atom stereocenters. The average Bonchev–Trinajstić information content (AvgIpc) is 2.47. The van der Waals surface area contributed by atoms with Gasteiger partial charge in [-0.25, -0.2) is 0 Å². The van der Waals surface area contributed by atoms with Crippen LogP contribution in [0.4, 0.5) is 0 Å². The van der Waals surface area contributed by atoms with Crippen molar-refractivity contribution >= 4 is 17.5 Å². The third-order valence-corrected chi connectivity index (χ3v) is 3.51. The van der Waals surface area contributed by atoms with Gasteiger partial charge in [-0.3, -0.25) is 4.79 Å². The van der Waals surface area contributed by atoms with Crippen LogP contribution < -0.4 is 15.0 Å². The number of quaternary nitrogens is 1. The summed E-state index contributed by atoms with van der Waals surface area (Å²) >= 11 is 5.94. The molecule has 1 amide bonds. The first-order chi connectivity index (χ1) is 9.75. The quantitative estimate of drug-likeness (QED) is 0.762. The van der Waals surface area contributed by atoms with E-state index in [0.29, 0.717) is 17.3 Å². The average molecular weight is 300 g/mol. The van der Waals surface area contributed by atoms with Gasteiger partial charge in [0, 0.05) is 0 Å². The Hall–Kier alpha value is -1.30. The highest BCUT2D eigenvalue weighted by atomic mass is 35.5. The molecular weight excluding hydrogens is 280 g/mol. The summed E-state index contributed by atoms with van der Waals surface area (Å²) < 4.78 is 10.7. The van der Waals surface area contributed by atoms with E-state index in [1.54, 1.807) is 12.1 Å². The number of nitrogens with one attached hydrogen (secondary N) is 2. The first-order valence-electron chi connectivity index (χ1n) is 6.81. The van der Waals surface area contributed by atoms with E-state index in [4.69, 9.17) is 21.1 Å². The van der Waals surface area contributed by atoms with E-state index in [0.717, 1.165) is 32.8 Å². The second kappa shape index (κ2) is 8.09. The molecule has 0 atom stereocenters. The lowest BCUT2D eigenvalue weighted by molar-refractivity contribution is -0.906. The summed E-state index contributed by atoms with van der Waals surface area (Å²) in [4.78, 5) is 13.1. The van der Waals surface area contributed by atoms with Crippen molar-refractivity contribution in [3.63, 3.8) is 0 Å². The molecule has 5 nitrogen and oxygen atoms in total. The summed E-state index contributed by atoms with van der Waals surface area (Å²) in [6, 6.07) is 7.12. The van der Waals surface area contributed by atoms with E-state index in [1.165, 1.54) is 4.90 Å². The van der Waals surface area contributed by atoms with Gasteiger partial charge < -0.3 is 19.7 Å². The van der Waals surface area contributed by atoms with Crippen LogP contribution in [-0.2, 0) is 9.53 Å². The molecule has 20 heavy (non-hydrogen) atoms. The number of rotatable bonds is 6. The molecule has 0 saturated carbocycles. The molecule has 2 rings (SSSR count). The molecule has 1 aliphatic rings. The molecule has 1 aromatic carbocycles. The Morgan fingerprint density at radius 3 is 2.85 bits per heavy atom. The van der Waals surface area contributed by atoms with Crippen LogP contribution in [0.5, 0.6) is 5.75 Å². The molecule has 1 aromatic rings. The van der Waals surface area contributed by atoms with Gasteiger partial charge in [0.15, 0.2) is 6.61 Å². The third kappa shape index (κ3) is 5.00. The van der Waals surface area contributed by atoms with Crippen molar-refractivity contribution in [1.82, 2.24) is 5.32 Å². The minimum absolute atomic E-state index is 0.0117. The maximum Gasteiger partial charge on any atom is 0.258 e. The Kier molecular flexibility index (Phi) is 6.11. The van der Waals surface area contributed by atoms with E-state index in [2.05, 4.69) is 5.32 Å². The summed E-state index contributed by atoms with van der Waals surface area (Å²) in [7, 11) is 0. The van der Waals surface area contributed by atoms with Crippen molar-refractivity contribution in [2.45, 2.75) is 0 Å². The van der Waals surface area contributed by atoms with Crippen LogP contribution in [0.3, 0.4) is 0 Å². The molecule has 1 saturated heterocycles. The standard InChI is InChI=1S/C14H19ClN2O3/c15-12-3-1-2-4-13(12)20-11-14(18)16-5-6-17-7-9-19-10-8-17/h1-4H,5-11H2,(H,16,18)/p+1. The molecule has 1 aliphatic heterocycles. The molecule has 0 spiro atoms. The molecule has 110 valence electrons. The largest absolute Gasteiger partial charge is 0.482 e. The maximum absolute atomic E-state index is 11.7. The first-order valence-corrected chi connectivity index (χ1v) is 7.19. The summed E-state index contributed by atoms with van der Waals surface area (Å²) in [5.74, 6) is 0.403. The molecule has 1 fully saturated rings. The lowest BCUT2D eigenvalue weighted by Gasteiger charge is -2.23. The molecule has 0 aliphatic carbocycles. The Bertz CT molecular complexity index is 436. The number of hydrogen-bond donors (Lipinski definition) is 2. The molecule has 0 radical (unpaired) electrons. The fourth-order valence-electron chi connectivity index (χ4n) is 2.04. The van der Waals surface area contributed by atoms with E-state index in [9.17, 15) is 4.79 Å². The molecule has 1 heterocycles. The molecule has 0 bridgehead atoms. The predicted octanol–water partition coefficient (Wildman–Crippen LogP) is -0.250. The second-order valence-corrected chi connectivity index (χ2v) is 5.09. The summed E-state index contributed by atoms with van der Waals surface area (Å²) in [5, 5.41) is 3.36. The van der Waals surface area contributed by atoms with E-state index >= 15 is 0 Å². The minimum Gasteiger partial charge on any atom is -0.482 e. The topological polar surface area (TPSA) is 52.0 Å². The number of halogens is 1. The minimum atomic E-state index is -0.127. The van der Waals surface area contributed by atoms with Gasteiger partial charge in [0.25, 0.3) is 5.91 Å². The number of benzene rings is 1. The van der Waals surface area contributed by atoms with Gasteiger partial charge in [0.1, 0.15) is 18.8 Å². The van der Waals surface area contributed by atoms with E-state index < -0.39 is 0 Å². The lowest BCUT2D eigenvalue weighted by atomic mass is 10.3. The van der Waals surface area contributed by atoms with E-state index in [-0.39, 0.29) is 12.5 Å². The number of carbonyl (C=O) groups is 1. The van der Waals surface area contributed by atoms with Gasteiger partial charge in [-0.1, -0.05) is 23.7 Å². The zero-order chi connectivity index (χ0) is 14.2. The van der Waals surface area contributed by atoms with Crippen molar-refractivity contribution in [3.8, 4) is 5.75 Å². The monoisotopic (exact) mass is 299 g/mol. The summed E-state index contributed by atoms with van der Waals surface area (Å²) in [6.07, 6.45) is 0. The Morgan fingerprint density at radius 2 is 2.10 bits per heavy atom. The Labute approximate surface area is 123 Å². The SMILES string of the molecule is O=C(COc1ccccc1Cl)NCC[NH+]1CCOCC1. The van der Waals surface area contributed by atoms with Gasteiger partial charge in [-0.15, -0.1) is 0 Å². The van der Waals surface area contributed by atoms with Crippen LogP contribution in [0.25, 0.3) is 0 Å². The second-order valence-electron chi connectivity index (χ2n) is 4.68. The maximum atomic E-state index is 11.7. The van der Waals surface area contributed by atoms with Crippen LogP contribution in [-0.4, -0.2) is 51.9 Å². The van der Waals surface area contributed by atoms with Crippen LogP contribution in [0.15, 0.2) is 24.3 Å². The van der Waals surface area contributed by atoms with Crippen molar-refractivity contribution in [3.05, 3.63) is 29.3 Å². The number of carbonyl (C=O) groups excluding carboxylic acids is 1. The highest BCUT2D eigenvalue weighted by Crippen LogP contribution is 2.22. The van der Waals surface area contributed by atoms with Gasteiger partial charge in [0.05, 0.1) is 31.3 Å². The van der Waals surface area contributed by atoms with Crippen molar-refractivity contribution in [2.75, 3.05) is 46.0 Å². The zero-order valence-corrected chi connectivity index (χ0v) is 12.1. The van der Waals surface area contributed by atoms with Gasteiger partial charge in [-0.2, -0.15) is 0 Å². The predicted molar refractivity (Wildman–Crippen MR) is 76.3 cm³/mol. The molecule has 2 N–H and O–H groups in total. The van der Waals surface area contributed by atoms with Crippen LogP contribution >= 0.6 is 11.6 Å². The fraction of sp³-hybridized carbons (Fsp3) is 0.500. The number of morpholine rings is 1. The normalized spacial score (nSPS) is 15.8. The Balaban J connectivity index is 1.62. The lowest BCUT2D eigenvalue weighted by Crippen LogP contribution is -3.14. The van der Waals surface area contributed by atoms with Crippen LogP contribution in [0.1, 0.15) is 0 Å². The number of hydrogen-bond acceptors (Lipinski definition) is 3. The molecular formula is C14H20ClN2O3+. The van der Waals surface area contributed by atoms with Gasteiger partial charge in [0.2, 0.25) is 0 Å². The number of amides is 1. The van der Waals surface area contributed by atoms with E-state index in [1.807, 2.05) is 12.1 Å². The zero-order valence-electron chi connectivity index (χ0n) is 11.4. The van der Waals surface area contributed by atoms with Crippen LogP contribution in [0.2, 0.25) is 5.02 Å². The van der Waals surface area contributed by atoms with Crippen molar-refractivity contribution in [2.24, 2.45) is 0 Å². The van der Waals surface area contributed by atoms with Gasteiger partial charge in [-0.05, 0) is 12.1 Å². The molecule has 6 heteroatoms. The van der Waals surface area contributed by atoms with Crippen molar-refractivity contribution in [1.29, 1.82) is 0 Å². The fourth-order valence-corrected chi connectivity index (χ4v) is 2.24. The highest BCUT2D eigenvalue weighted by molar-refractivity contribution is 6.32. The Morgan fingerprint density at radius 1 is 1.35 bits per heavy atom. The summed E-state index contributed by atoms with van der Waals surface area (Å²) in [5.41, 5.74) is 0. The van der Waals surface area contributed by atoms with Gasteiger partial charge >= 0.3 is 0 Å². The van der Waals surface area contributed by atoms with Crippen LogP contribution in [0, 0.1) is 0 Å². The summed E-state index contributed by atoms with van der Waals surface area (Å²) in [6.45, 7) is 5.18. The third-order valence-electron chi connectivity index (χ3n) is 3.20. The number of ether oxygens (including phenoxy) is 2. The first kappa shape index (κ1) is 15.1. The molecule has 0 aromatic heterocycles. The van der Waals surface area contributed by atoms with Crippen molar-refractivity contribution < 1.29 is 19.2 Å². The smallest absolute Gasteiger partial charge is 0.258 e.